The van der Waals surface area contributed by atoms with Crippen molar-refractivity contribution in [1.82, 2.24) is 4.90 Å². The second-order valence-corrected chi connectivity index (χ2v) is 9.66. The van der Waals surface area contributed by atoms with E-state index in [2.05, 4.69) is 9.71 Å². The fraction of sp³-hybridized carbons (Fsp3) is 0.316. The van der Waals surface area contributed by atoms with Crippen molar-refractivity contribution in [1.29, 1.82) is 0 Å². The van der Waals surface area contributed by atoms with Crippen LogP contribution in [0.2, 0.25) is 0 Å². The number of benzene rings is 1. The Kier molecular flexibility index (Phi) is 4.67. The number of likely N-dealkylation sites (tertiary alicyclic amines) is 1. The summed E-state index contributed by atoms with van der Waals surface area (Å²) in [6.07, 6.45) is 3.70. The third-order valence-corrected chi connectivity index (χ3v) is 7.37. The van der Waals surface area contributed by atoms with Crippen LogP contribution in [0.1, 0.15) is 13.8 Å². The highest BCUT2D eigenvalue weighted by Gasteiger charge is 2.51. The van der Waals surface area contributed by atoms with Gasteiger partial charge >= 0.3 is 0 Å². The lowest BCUT2D eigenvalue weighted by Crippen LogP contribution is -2.58. The highest BCUT2D eigenvalue weighted by atomic mass is 32.2. The number of piperidine rings is 1. The minimum atomic E-state index is -3.99. The van der Waals surface area contributed by atoms with Gasteiger partial charge in [-0.15, -0.1) is 16.2 Å². The maximum Gasteiger partial charge on any atom is 0.286 e. The lowest BCUT2D eigenvalue weighted by atomic mass is 9.85. The number of anilines is 1. The minimum absolute atomic E-state index is 0.0325. The van der Waals surface area contributed by atoms with E-state index in [9.17, 15) is 18.0 Å². The molecule has 0 aliphatic carbocycles. The van der Waals surface area contributed by atoms with E-state index in [4.69, 9.17) is 0 Å². The molecule has 0 saturated carbocycles. The molecule has 3 aliphatic rings. The van der Waals surface area contributed by atoms with Crippen LogP contribution in [0.3, 0.4) is 0 Å². The topological polar surface area (TPSA) is 95.9 Å². The van der Waals surface area contributed by atoms with Gasteiger partial charge in [0.1, 0.15) is 10.7 Å². The summed E-state index contributed by atoms with van der Waals surface area (Å²) in [6.45, 7) is 4.23. The van der Waals surface area contributed by atoms with Gasteiger partial charge in [-0.05, 0) is 31.4 Å². The molecule has 0 bridgehead atoms. The first kappa shape index (κ1) is 18.9. The van der Waals surface area contributed by atoms with Crippen LogP contribution >= 0.6 is 11.8 Å². The first-order valence-corrected chi connectivity index (χ1v) is 11.2. The van der Waals surface area contributed by atoms with Crippen molar-refractivity contribution in [3.8, 4) is 0 Å². The molecule has 0 aromatic heterocycles. The zero-order chi connectivity index (χ0) is 20.1. The number of nitrogens with one attached hydrogen (secondary N) is 1. The van der Waals surface area contributed by atoms with Crippen molar-refractivity contribution in [2.75, 3.05) is 11.9 Å². The zero-order valence-corrected chi connectivity index (χ0v) is 17.0. The molecule has 3 aliphatic heterocycles. The Bertz CT molecular complexity index is 1050. The first-order chi connectivity index (χ1) is 13.3. The maximum absolute atomic E-state index is 13.2. The number of amides is 1. The van der Waals surface area contributed by atoms with Crippen LogP contribution in [-0.2, 0) is 19.6 Å². The molecule has 3 unspecified atom stereocenters. The summed E-state index contributed by atoms with van der Waals surface area (Å²) in [4.78, 5) is 28.0. The molecule has 7 nitrogen and oxygen atoms in total. The van der Waals surface area contributed by atoms with Gasteiger partial charge < -0.3 is 10.2 Å². The molecule has 0 radical (unpaired) electrons. The number of hydrogen-bond acceptors (Lipinski definition) is 6. The molecule has 28 heavy (non-hydrogen) atoms. The van der Waals surface area contributed by atoms with E-state index in [-0.39, 0.29) is 21.9 Å². The number of ketones is 1. The van der Waals surface area contributed by atoms with Gasteiger partial charge in [-0.3, -0.25) is 9.59 Å². The molecule has 1 fully saturated rings. The third-order valence-electron chi connectivity index (χ3n) is 4.88. The van der Waals surface area contributed by atoms with E-state index in [1.165, 1.54) is 17.8 Å². The van der Waals surface area contributed by atoms with Crippen LogP contribution in [0, 0.1) is 11.8 Å². The van der Waals surface area contributed by atoms with Gasteiger partial charge in [-0.25, -0.2) is 0 Å². The summed E-state index contributed by atoms with van der Waals surface area (Å²) < 4.78 is 28.9. The monoisotopic (exact) mass is 417 g/mol. The number of rotatable bonds is 3. The number of nitrogens with zero attached hydrogens (tertiary/aromatic N) is 2. The second kappa shape index (κ2) is 6.89. The molecule has 1 N–H and O–H groups in total. The lowest BCUT2D eigenvalue weighted by molar-refractivity contribution is -0.145. The van der Waals surface area contributed by atoms with Gasteiger partial charge in [-0.2, -0.15) is 8.42 Å². The SMILES string of the molecule is CC(C)=CCN1C(=O)C(C2=NS(=O)(=O)c3ccccc3N2)C(=O)C2C=CSC21. The fourth-order valence-electron chi connectivity index (χ4n) is 3.48. The molecule has 1 aromatic rings. The number of thioether (sulfide) groups is 1. The fourth-order valence-corrected chi connectivity index (χ4v) is 5.79. The molecular weight excluding hydrogens is 398 g/mol. The Balaban J connectivity index is 1.75. The van der Waals surface area contributed by atoms with Gasteiger partial charge in [0.15, 0.2) is 11.7 Å². The van der Waals surface area contributed by atoms with Crippen molar-refractivity contribution in [3.05, 3.63) is 47.4 Å². The normalized spacial score (nSPS) is 27.6. The summed E-state index contributed by atoms with van der Waals surface area (Å²) in [7, 11) is -3.99. The van der Waals surface area contributed by atoms with Gasteiger partial charge in [-0.1, -0.05) is 29.9 Å². The highest BCUT2D eigenvalue weighted by molar-refractivity contribution is 8.03. The molecule has 0 spiro atoms. The highest BCUT2D eigenvalue weighted by Crippen LogP contribution is 2.40. The van der Waals surface area contributed by atoms with Crippen molar-refractivity contribution in [3.63, 3.8) is 0 Å². The van der Waals surface area contributed by atoms with Crippen molar-refractivity contribution < 1.29 is 18.0 Å². The van der Waals surface area contributed by atoms with E-state index in [1.807, 2.05) is 25.3 Å². The molecular formula is C19H19N3O4S2. The van der Waals surface area contributed by atoms with E-state index < -0.39 is 27.8 Å². The van der Waals surface area contributed by atoms with Crippen LogP contribution in [-0.4, -0.2) is 42.8 Å². The Morgan fingerprint density at radius 1 is 1.29 bits per heavy atom. The Hall–Kier alpha value is -2.39. The van der Waals surface area contributed by atoms with Gasteiger partial charge in [0.2, 0.25) is 5.91 Å². The summed E-state index contributed by atoms with van der Waals surface area (Å²) in [5.74, 6) is -2.63. The number of carbonyl (C=O) groups is 2. The van der Waals surface area contributed by atoms with Crippen molar-refractivity contribution in [2.45, 2.75) is 24.1 Å². The average molecular weight is 418 g/mol. The largest absolute Gasteiger partial charge is 0.341 e. The molecule has 9 heteroatoms. The Morgan fingerprint density at radius 3 is 2.79 bits per heavy atom. The van der Waals surface area contributed by atoms with E-state index >= 15 is 0 Å². The standard InChI is InChI=1S/C19H19N3O4S2/c1-11(2)7-9-22-18(24)15(16(23)12-8-10-27-19(12)22)17-20-13-5-3-4-6-14(13)28(25,26)21-17/h3-8,10,12,15,19H,9H2,1-2H3,(H,20,21). The third kappa shape index (κ3) is 3.08. The zero-order valence-electron chi connectivity index (χ0n) is 15.3. The van der Waals surface area contributed by atoms with Crippen LogP contribution in [0.4, 0.5) is 5.69 Å². The maximum atomic E-state index is 13.2. The number of carbonyl (C=O) groups excluding carboxylic acids is 2. The number of fused-ring (bicyclic) bond motifs is 2. The van der Waals surface area contributed by atoms with Crippen LogP contribution in [0.5, 0.6) is 0 Å². The molecule has 3 heterocycles. The summed E-state index contributed by atoms with van der Waals surface area (Å²) in [6, 6.07) is 6.31. The van der Waals surface area contributed by atoms with Gasteiger partial charge in [0, 0.05) is 6.54 Å². The summed E-state index contributed by atoms with van der Waals surface area (Å²) >= 11 is 1.43. The smallest absolute Gasteiger partial charge is 0.286 e. The summed E-state index contributed by atoms with van der Waals surface area (Å²) in [5, 5.41) is 4.42. The average Bonchev–Trinajstić information content (AvgIpc) is 3.11. The van der Waals surface area contributed by atoms with Crippen LogP contribution in [0.15, 0.2) is 56.7 Å². The molecule has 4 rings (SSSR count). The summed E-state index contributed by atoms with van der Waals surface area (Å²) in [5.41, 5.74) is 1.38. The molecule has 3 atom stereocenters. The number of sulfonamides is 1. The lowest BCUT2D eigenvalue weighted by Gasteiger charge is -2.39. The van der Waals surface area contributed by atoms with Crippen molar-refractivity contribution in [2.24, 2.45) is 16.2 Å². The second-order valence-electron chi connectivity index (χ2n) is 7.06. The first-order valence-electron chi connectivity index (χ1n) is 8.80. The van der Waals surface area contributed by atoms with Crippen molar-refractivity contribution >= 4 is 45.0 Å². The van der Waals surface area contributed by atoms with E-state index in [0.717, 1.165) is 5.57 Å². The Morgan fingerprint density at radius 2 is 2.04 bits per heavy atom. The van der Waals surface area contributed by atoms with Gasteiger partial charge in [0.25, 0.3) is 10.0 Å². The number of hydrogen-bond donors (Lipinski definition) is 1. The quantitative estimate of drug-likeness (QED) is 0.599. The number of amidine groups is 1. The molecule has 1 saturated heterocycles. The predicted octanol–water partition coefficient (Wildman–Crippen LogP) is 2.40. The van der Waals surface area contributed by atoms with E-state index in [0.29, 0.717) is 12.2 Å². The van der Waals surface area contributed by atoms with E-state index in [1.54, 1.807) is 29.2 Å². The van der Waals surface area contributed by atoms with Crippen LogP contribution in [0.25, 0.3) is 0 Å². The van der Waals surface area contributed by atoms with Gasteiger partial charge in [0.05, 0.1) is 17.0 Å². The Labute approximate surface area is 167 Å². The molecule has 1 aromatic carbocycles. The minimum Gasteiger partial charge on any atom is -0.341 e. The molecule has 146 valence electrons. The number of Topliss-reactive ketones (excluding diaryl/α,β-unsaturated/α-hetero) is 1. The predicted molar refractivity (Wildman–Crippen MR) is 108 cm³/mol. The number of allylic oxidation sites excluding steroid dienone is 1. The molecule has 1 amide bonds. The number of para-hydroxylation sites is 1. The van der Waals surface area contributed by atoms with Crippen LogP contribution < -0.4 is 5.32 Å².